The molecule has 1 aliphatic heterocycles. The minimum absolute atomic E-state index is 0.227. The number of rotatable bonds is 5. The molecule has 1 aliphatic rings. The molecule has 4 heterocycles. The van der Waals surface area contributed by atoms with E-state index >= 15 is 0 Å². The number of halogens is 1. The van der Waals surface area contributed by atoms with Crippen molar-refractivity contribution < 1.29 is 18.7 Å². The average molecular weight is 376 g/mol. The molecule has 1 amide bonds. The quantitative estimate of drug-likeness (QED) is 0.737. The Hall–Kier alpha value is -2.36. The molecule has 9 heteroatoms. The molecule has 136 valence electrons. The molecular weight excluding hydrogens is 359 g/mol. The zero-order chi connectivity index (χ0) is 17.9. The van der Waals surface area contributed by atoms with Crippen LogP contribution in [0.3, 0.4) is 0 Å². The van der Waals surface area contributed by atoms with Crippen LogP contribution in [0.2, 0.25) is 0 Å². The Balaban J connectivity index is 1.46. The van der Waals surface area contributed by atoms with Gasteiger partial charge < -0.3 is 14.8 Å². The number of fused-ring (bicyclic) bond motifs is 1. The third kappa shape index (κ3) is 3.46. The van der Waals surface area contributed by atoms with Gasteiger partial charge in [-0.2, -0.15) is 4.39 Å². The van der Waals surface area contributed by atoms with E-state index in [1.165, 1.54) is 21.9 Å². The van der Waals surface area contributed by atoms with Gasteiger partial charge in [0.2, 0.25) is 5.95 Å². The highest BCUT2D eigenvalue weighted by Gasteiger charge is 2.30. The van der Waals surface area contributed by atoms with E-state index in [4.69, 9.17) is 9.47 Å². The fourth-order valence-electron chi connectivity index (χ4n) is 2.90. The van der Waals surface area contributed by atoms with Crippen molar-refractivity contribution in [2.24, 2.45) is 0 Å². The van der Waals surface area contributed by atoms with Crippen molar-refractivity contribution in [1.29, 1.82) is 0 Å². The minimum atomic E-state index is -0.685. The van der Waals surface area contributed by atoms with Crippen LogP contribution in [0.4, 0.5) is 4.39 Å². The van der Waals surface area contributed by atoms with Gasteiger partial charge in [0.05, 0.1) is 36.6 Å². The molecule has 0 aromatic carbocycles. The largest absolute Gasteiger partial charge is 0.379 e. The lowest BCUT2D eigenvalue weighted by atomic mass is 10.1. The molecule has 26 heavy (non-hydrogen) atoms. The molecule has 0 spiro atoms. The number of carbonyl (C=O) groups excluding carboxylic acids is 1. The number of hydrogen-bond donors (Lipinski definition) is 1. The van der Waals surface area contributed by atoms with Crippen LogP contribution in [0.1, 0.15) is 22.6 Å². The highest BCUT2D eigenvalue weighted by Crippen LogP contribution is 2.16. The normalized spacial score (nSPS) is 20.3. The van der Waals surface area contributed by atoms with Crippen molar-refractivity contribution in [3.8, 4) is 0 Å². The second-order valence-electron chi connectivity index (χ2n) is 5.95. The maximum absolute atomic E-state index is 14.4. The summed E-state index contributed by atoms with van der Waals surface area (Å²) in [7, 11) is 0. The van der Waals surface area contributed by atoms with Gasteiger partial charge in [0, 0.05) is 18.2 Å². The predicted molar refractivity (Wildman–Crippen MR) is 92.5 cm³/mol. The first-order valence-electron chi connectivity index (χ1n) is 8.22. The monoisotopic (exact) mass is 376 g/mol. The first-order chi connectivity index (χ1) is 12.7. The number of ether oxygens (including phenoxy) is 2. The van der Waals surface area contributed by atoms with E-state index in [0.717, 1.165) is 5.69 Å². The molecule has 0 bridgehead atoms. The van der Waals surface area contributed by atoms with Crippen molar-refractivity contribution in [2.75, 3.05) is 13.2 Å². The topological polar surface area (TPSA) is 77.8 Å². The van der Waals surface area contributed by atoms with Gasteiger partial charge in [-0.25, -0.2) is 9.97 Å². The molecule has 7 nitrogen and oxygen atoms in total. The zero-order valence-corrected chi connectivity index (χ0v) is 14.6. The van der Waals surface area contributed by atoms with Gasteiger partial charge in [0.1, 0.15) is 5.65 Å². The molecule has 1 fully saturated rings. The van der Waals surface area contributed by atoms with Crippen LogP contribution in [0.25, 0.3) is 5.65 Å². The SMILES string of the molecule is O=C(N[C@@H]1COCC[C@@H]1OCc1cscn1)c1nc2ccccn2c1F. The van der Waals surface area contributed by atoms with Gasteiger partial charge in [0.15, 0.2) is 5.69 Å². The minimum Gasteiger partial charge on any atom is -0.379 e. The van der Waals surface area contributed by atoms with E-state index < -0.39 is 11.9 Å². The highest BCUT2D eigenvalue weighted by atomic mass is 32.1. The van der Waals surface area contributed by atoms with Crippen LogP contribution in [-0.4, -0.2) is 45.6 Å². The lowest BCUT2D eigenvalue weighted by Crippen LogP contribution is -2.50. The Labute approximate surface area is 152 Å². The summed E-state index contributed by atoms with van der Waals surface area (Å²) >= 11 is 1.50. The third-order valence-corrected chi connectivity index (χ3v) is 4.86. The number of nitrogens with zero attached hydrogens (tertiary/aromatic N) is 3. The van der Waals surface area contributed by atoms with Crippen molar-refractivity contribution in [2.45, 2.75) is 25.2 Å². The molecule has 0 radical (unpaired) electrons. The van der Waals surface area contributed by atoms with E-state index in [9.17, 15) is 9.18 Å². The fraction of sp³-hybridized carbons (Fsp3) is 0.353. The summed E-state index contributed by atoms with van der Waals surface area (Å²) in [6, 6.07) is 4.68. The molecule has 2 atom stereocenters. The summed E-state index contributed by atoms with van der Waals surface area (Å²) in [6.07, 6.45) is 1.94. The lowest BCUT2D eigenvalue weighted by molar-refractivity contribution is -0.0612. The second-order valence-corrected chi connectivity index (χ2v) is 6.67. The summed E-state index contributed by atoms with van der Waals surface area (Å²) < 4.78 is 27.0. The zero-order valence-electron chi connectivity index (χ0n) is 13.8. The second kappa shape index (κ2) is 7.48. The Morgan fingerprint density at radius 1 is 1.50 bits per heavy atom. The first kappa shape index (κ1) is 17.1. The van der Waals surface area contributed by atoms with Gasteiger partial charge >= 0.3 is 0 Å². The van der Waals surface area contributed by atoms with E-state index in [0.29, 0.717) is 31.9 Å². The maximum Gasteiger partial charge on any atom is 0.275 e. The van der Waals surface area contributed by atoms with Gasteiger partial charge in [-0.3, -0.25) is 9.20 Å². The number of thiazole rings is 1. The number of aromatic nitrogens is 3. The summed E-state index contributed by atoms with van der Waals surface area (Å²) in [5, 5.41) is 4.71. The first-order valence-corrected chi connectivity index (χ1v) is 9.16. The number of imidazole rings is 1. The van der Waals surface area contributed by atoms with Gasteiger partial charge in [-0.05, 0) is 18.6 Å². The Morgan fingerprint density at radius 2 is 2.42 bits per heavy atom. The van der Waals surface area contributed by atoms with Gasteiger partial charge in [-0.1, -0.05) is 6.07 Å². The molecule has 1 N–H and O–H groups in total. The summed E-state index contributed by atoms with van der Waals surface area (Å²) in [6.45, 7) is 1.22. The van der Waals surface area contributed by atoms with Crippen molar-refractivity contribution in [3.63, 3.8) is 0 Å². The van der Waals surface area contributed by atoms with Crippen molar-refractivity contribution >= 4 is 22.9 Å². The standard InChI is InChI=1S/C17H17FN4O3S/c18-16-15(21-14-3-1-2-5-22(14)16)17(23)20-12-8-24-6-4-13(12)25-7-11-9-26-10-19-11/h1-3,5,9-10,12-13H,4,6-8H2,(H,20,23)/t12-,13+/m1/s1. The smallest absolute Gasteiger partial charge is 0.275 e. The molecule has 1 saturated heterocycles. The number of nitrogens with one attached hydrogen (secondary N) is 1. The van der Waals surface area contributed by atoms with Crippen LogP contribution in [0.5, 0.6) is 0 Å². The van der Waals surface area contributed by atoms with Crippen molar-refractivity contribution in [1.82, 2.24) is 19.7 Å². The van der Waals surface area contributed by atoms with E-state index in [1.807, 2.05) is 5.38 Å². The van der Waals surface area contributed by atoms with Crippen LogP contribution in [-0.2, 0) is 16.1 Å². The maximum atomic E-state index is 14.4. The summed E-state index contributed by atoms with van der Waals surface area (Å²) in [5.41, 5.74) is 2.73. The molecule has 3 aromatic heterocycles. The Morgan fingerprint density at radius 3 is 3.23 bits per heavy atom. The number of carbonyl (C=O) groups is 1. The number of hydrogen-bond acceptors (Lipinski definition) is 6. The van der Waals surface area contributed by atoms with Crippen LogP contribution in [0.15, 0.2) is 35.3 Å². The van der Waals surface area contributed by atoms with Gasteiger partial charge in [-0.15, -0.1) is 11.3 Å². The van der Waals surface area contributed by atoms with Gasteiger partial charge in [0.25, 0.3) is 5.91 Å². The molecule has 4 rings (SSSR count). The lowest BCUT2D eigenvalue weighted by Gasteiger charge is -2.31. The third-order valence-electron chi connectivity index (χ3n) is 4.22. The van der Waals surface area contributed by atoms with Crippen LogP contribution >= 0.6 is 11.3 Å². The van der Waals surface area contributed by atoms with Crippen LogP contribution < -0.4 is 5.32 Å². The summed E-state index contributed by atoms with van der Waals surface area (Å²) in [5.74, 6) is -1.27. The number of pyridine rings is 1. The Bertz CT molecular complexity index is 899. The Kier molecular flexibility index (Phi) is 4.91. The van der Waals surface area contributed by atoms with E-state index in [2.05, 4.69) is 15.3 Å². The predicted octanol–water partition coefficient (Wildman–Crippen LogP) is 2.03. The van der Waals surface area contributed by atoms with E-state index in [1.54, 1.807) is 23.7 Å². The fourth-order valence-corrected chi connectivity index (χ4v) is 3.44. The molecule has 0 saturated carbocycles. The molecule has 0 unspecified atom stereocenters. The van der Waals surface area contributed by atoms with E-state index in [-0.39, 0.29) is 17.8 Å². The average Bonchev–Trinajstić information content (AvgIpc) is 3.29. The van der Waals surface area contributed by atoms with Crippen molar-refractivity contribution in [3.05, 3.63) is 52.6 Å². The van der Waals surface area contributed by atoms with Crippen LogP contribution in [0, 0.1) is 5.95 Å². The summed E-state index contributed by atoms with van der Waals surface area (Å²) in [4.78, 5) is 20.8. The molecule has 0 aliphatic carbocycles. The highest BCUT2D eigenvalue weighted by molar-refractivity contribution is 7.07. The molecule has 3 aromatic rings. The number of amides is 1. The molecular formula is C17H17FN4O3S.